The van der Waals surface area contributed by atoms with Crippen LogP contribution in [0.25, 0.3) is 0 Å². The summed E-state index contributed by atoms with van der Waals surface area (Å²) in [6.07, 6.45) is 0. The average molecular weight is 356 g/mol. The number of nitrogens with one attached hydrogen (secondary N) is 2. The van der Waals surface area contributed by atoms with Crippen LogP contribution in [0.5, 0.6) is 0 Å². The molecule has 0 heterocycles. The van der Waals surface area contributed by atoms with Crippen LogP contribution in [0.2, 0.25) is 5.02 Å². The number of hydrogen-bond acceptors (Lipinski definition) is 4. The van der Waals surface area contributed by atoms with Crippen LogP contribution in [0.4, 0.5) is 25.8 Å². The Labute approximate surface area is 140 Å². The van der Waals surface area contributed by atoms with Crippen LogP contribution in [-0.4, -0.2) is 16.9 Å². The highest BCUT2D eigenvalue weighted by Gasteiger charge is 2.16. The Morgan fingerprint density at radius 2 is 1.92 bits per heavy atom. The minimum atomic E-state index is -1.04. The number of non-ortho nitro benzene ring substituents is 1. The predicted octanol–water partition coefficient (Wildman–Crippen LogP) is 3.97. The lowest BCUT2D eigenvalue weighted by atomic mass is 10.2. The Bertz CT molecular complexity index is 802. The summed E-state index contributed by atoms with van der Waals surface area (Å²) in [6.45, 7) is 1.51. The van der Waals surface area contributed by atoms with E-state index in [0.717, 1.165) is 18.2 Å². The summed E-state index contributed by atoms with van der Waals surface area (Å²) in [5.74, 6) is -2.53. The van der Waals surface area contributed by atoms with Crippen LogP contribution in [0, 0.1) is 21.7 Å². The molecule has 0 saturated carbocycles. The van der Waals surface area contributed by atoms with E-state index in [1.54, 1.807) is 0 Å². The number of benzene rings is 2. The molecule has 0 fully saturated rings. The van der Waals surface area contributed by atoms with Gasteiger partial charge in [0.2, 0.25) is 5.91 Å². The number of rotatable bonds is 5. The summed E-state index contributed by atoms with van der Waals surface area (Å²) >= 11 is 5.89. The minimum Gasteiger partial charge on any atom is -0.374 e. The highest BCUT2D eigenvalue weighted by atomic mass is 35.5. The quantitative estimate of drug-likeness (QED) is 0.628. The van der Waals surface area contributed by atoms with Crippen molar-refractivity contribution in [1.29, 1.82) is 0 Å². The molecule has 2 N–H and O–H groups in total. The van der Waals surface area contributed by atoms with Crippen LogP contribution in [0.3, 0.4) is 0 Å². The molecule has 2 aromatic rings. The average Bonchev–Trinajstić information content (AvgIpc) is 2.52. The van der Waals surface area contributed by atoms with E-state index in [4.69, 9.17) is 11.6 Å². The molecule has 9 heteroatoms. The van der Waals surface area contributed by atoms with Crippen molar-refractivity contribution in [2.24, 2.45) is 0 Å². The van der Waals surface area contributed by atoms with Gasteiger partial charge in [-0.15, -0.1) is 0 Å². The van der Waals surface area contributed by atoms with E-state index < -0.39 is 28.5 Å². The zero-order valence-electron chi connectivity index (χ0n) is 12.3. The van der Waals surface area contributed by atoms with Gasteiger partial charge in [-0.25, -0.2) is 8.78 Å². The van der Waals surface area contributed by atoms with Crippen LogP contribution >= 0.6 is 11.6 Å². The molecule has 2 rings (SSSR count). The molecule has 0 aliphatic carbocycles. The van der Waals surface area contributed by atoms with Crippen LogP contribution in [0.1, 0.15) is 6.92 Å². The molecule has 1 unspecified atom stereocenters. The molecule has 0 bridgehead atoms. The first-order valence-corrected chi connectivity index (χ1v) is 7.12. The SMILES string of the molecule is CC(Nc1ccc(F)c(F)c1)C(=O)Nc1ccc([N+](=O)[O-])cc1Cl. The van der Waals surface area contributed by atoms with E-state index in [2.05, 4.69) is 10.6 Å². The van der Waals surface area contributed by atoms with Gasteiger partial charge in [0.05, 0.1) is 15.6 Å². The van der Waals surface area contributed by atoms with Gasteiger partial charge in [0.25, 0.3) is 5.69 Å². The molecule has 2 aromatic carbocycles. The molecule has 0 radical (unpaired) electrons. The fraction of sp³-hybridized carbons (Fsp3) is 0.133. The smallest absolute Gasteiger partial charge is 0.271 e. The molecule has 126 valence electrons. The lowest BCUT2D eigenvalue weighted by Crippen LogP contribution is -2.32. The van der Waals surface area contributed by atoms with Gasteiger partial charge in [0.1, 0.15) is 6.04 Å². The maximum Gasteiger partial charge on any atom is 0.271 e. The molecular weight excluding hydrogens is 344 g/mol. The van der Waals surface area contributed by atoms with Crippen LogP contribution in [-0.2, 0) is 4.79 Å². The van der Waals surface area contributed by atoms with E-state index in [1.807, 2.05) is 0 Å². The van der Waals surface area contributed by atoms with Gasteiger partial charge in [-0.2, -0.15) is 0 Å². The van der Waals surface area contributed by atoms with E-state index in [1.165, 1.54) is 25.1 Å². The number of carbonyl (C=O) groups is 1. The summed E-state index contributed by atoms with van der Waals surface area (Å²) in [6, 6.07) is 6.00. The Kier molecular flexibility index (Phi) is 5.30. The number of halogens is 3. The third-order valence-corrected chi connectivity index (χ3v) is 3.43. The molecule has 0 saturated heterocycles. The third kappa shape index (κ3) is 4.17. The van der Waals surface area contributed by atoms with E-state index >= 15 is 0 Å². The molecule has 1 amide bonds. The molecule has 1 atom stereocenters. The van der Waals surface area contributed by atoms with Crippen molar-refractivity contribution in [2.45, 2.75) is 13.0 Å². The summed E-state index contributed by atoms with van der Waals surface area (Å²) in [5.41, 5.74) is 0.225. The lowest BCUT2D eigenvalue weighted by molar-refractivity contribution is -0.384. The first-order chi connectivity index (χ1) is 11.3. The molecule has 0 spiro atoms. The standard InChI is InChI=1S/C15H12ClF2N3O3/c1-8(19-9-2-4-12(17)13(18)6-9)15(22)20-14-5-3-10(21(23)24)7-11(14)16/h2-8,19H,1H3,(H,20,22). The van der Waals surface area contributed by atoms with Gasteiger partial charge in [0.15, 0.2) is 11.6 Å². The third-order valence-electron chi connectivity index (χ3n) is 3.12. The van der Waals surface area contributed by atoms with Crippen molar-refractivity contribution in [2.75, 3.05) is 10.6 Å². The molecule has 24 heavy (non-hydrogen) atoms. The Balaban J connectivity index is 2.06. The maximum absolute atomic E-state index is 13.1. The van der Waals surface area contributed by atoms with Crippen LogP contribution in [0.15, 0.2) is 36.4 Å². The molecule has 0 aromatic heterocycles. The van der Waals surface area contributed by atoms with Crippen molar-refractivity contribution in [1.82, 2.24) is 0 Å². The Morgan fingerprint density at radius 3 is 2.50 bits per heavy atom. The second kappa shape index (κ2) is 7.22. The number of carbonyl (C=O) groups excluding carboxylic acids is 1. The number of anilines is 2. The number of nitro groups is 1. The highest BCUT2D eigenvalue weighted by molar-refractivity contribution is 6.34. The number of nitrogens with zero attached hydrogens (tertiary/aromatic N) is 1. The first-order valence-electron chi connectivity index (χ1n) is 6.74. The van der Waals surface area contributed by atoms with Crippen molar-refractivity contribution in [3.8, 4) is 0 Å². The Hall–Kier alpha value is -2.74. The van der Waals surface area contributed by atoms with Gasteiger partial charge < -0.3 is 10.6 Å². The van der Waals surface area contributed by atoms with Crippen molar-refractivity contribution < 1.29 is 18.5 Å². The van der Waals surface area contributed by atoms with E-state index in [9.17, 15) is 23.7 Å². The highest BCUT2D eigenvalue weighted by Crippen LogP contribution is 2.26. The zero-order chi connectivity index (χ0) is 17.9. The zero-order valence-corrected chi connectivity index (χ0v) is 13.1. The minimum absolute atomic E-state index is 0.0116. The molecule has 6 nitrogen and oxygen atoms in total. The first kappa shape index (κ1) is 17.6. The van der Waals surface area contributed by atoms with Gasteiger partial charge in [-0.3, -0.25) is 14.9 Å². The monoisotopic (exact) mass is 355 g/mol. The number of hydrogen-bond donors (Lipinski definition) is 2. The maximum atomic E-state index is 13.1. The summed E-state index contributed by atoms with van der Waals surface area (Å²) in [5, 5.41) is 15.9. The number of nitro benzene ring substituents is 1. The Morgan fingerprint density at radius 1 is 1.21 bits per heavy atom. The van der Waals surface area contributed by atoms with Gasteiger partial charge in [-0.1, -0.05) is 11.6 Å². The van der Waals surface area contributed by atoms with Crippen molar-refractivity contribution >= 4 is 34.6 Å². The van der Waals surface area contributed by atoms with E-state index in [0.29, 0.717) is 0 Å². The second-order valence-electron chi connectivity index (χ2n) is 4.91. The molecule has 0 aliphatic rings. The van der Waals surface area contributed by atoms with Gasteiger partial charge in [-0.05, 0) is 25.1 Å². The summed E-state index contributed by atoms with van der Waals surface area (Å²) < 4.78 is 26.0. The fourth-order valence-corrected chi connectivity index (χ4v) is 2.08. The molecule has 0 aliphatic heterocycles. The largest absolute Gasteiger partial charge is 0.374 e. The van der Waals surface area contributed by atoms with Crippen LogP contribution < -0.4 is 10.6 Å². The number of amides is 1. The van der Waals surface area contributed by atoms with Gasteiger partial charge in [0, 0.05) is 23.9 Å². The predicted molar refractivity (Wildman–Crippen MR) is 86.2 cm³/mol. The van der Waals surface area contributed by atoms with E-state index in [-0.39, 0.29) is 22.1 Å². The topological polar surface area (TPSA) is 84.3 Å². The lowest BCUT2D eigenvalue weighted by Gasteiger charge is -2.16. The van der Waals surface area contributed by atoms with Crippen molar-refractivity contribution in [3.05, 3.63) is 63.2 Å². The van der Waals surface area contributed by atoms with Gasteiger partial charge >= 0.3 is 0 Å². The normalized spacial score (nSPS) is 11.7. The molecular formula is C15H12ClF2N3O3. The second-order valence-corrected chi connectivity index (χ2v) is 5.31. The summed E-state index contributed by atoms with van der Waals surface area (Å²) in [4.78, 5) is 22.1. The van der Waals surface area contributed by atoms with Crippen molar-refractivity contribution in [3.63, 3.8) is 0 Å². The fourth-order valence-electron chi connectivity index (χ4n) is 1.86. The summed E-state index contributed by atoms with van der Waals surface area (Å²) in [7, 11) is 0.